The van der Waals surface area contributed by atoms with Gasteiger partial charge >= 0.3 is 10.2 Å². The predicted octanol–water partition coefficient (Wildman–Crippen LogP) is 2.66. The second-order valence-electron chi connectivity index (χ2n) is 18.9. The molecule has 1 aliphatic heterocycles. The van der Waals surface area contributed by atoms with Crippen molar-refractivity contribution in [3.8, 4) is 0 Å². The second-order valence-corrected chi connectivity index (χ2v) is 20.4. The Morgan fingerprint density at radius 3 is 2.18 bits per heavy atom. The lowest BCUT2D eigenvalue weighted by Crippen LogP contribution is -2.62. The molecule has 0 unspecified atom stereocenters. The topological polar surface area (TPSA) is 209 Å². The molecular weight excluding hydrogens is 737 g/mol. The van der Waals surface area contributed by atoms with Crippen LogP contribution in [0.5, 0.6) is 0 Å². The van der Waals surface area contributed by atoms with Gasteiger partial charge in [-0.25, -0.2) is 9.71 Å². The fourth-order valence-electron chi connectivity index (χ4n) is 10.6. The second kappa shape index (κ2) is 14.2. The van der Waals surface area contributed by atoms with Crippen LogP contribution >= 0.6 is 0 Å². The van der Waals surface area contributed by atoms with Crippen LogP contribution < -0.4 is 25.4 Å². The summed E-state index contributed by atoms with van der Waals surface area (Å²) in [6.07, 6.45) is 15.0. The summed E-state index contributed by atoms with van der Waals surface area (Å²) < 4.78 is 30.1. The Hall–Kier alpha value is -3.92. The van der Waals surface area contributed by atoms with Crippen molar-refractivity contribution in [2.45, 2.75) is 141 Å². The van der Waals surface area contributed by atoms with Gasteiger partial charge in [0.15, 0.2) is 0 Å². The quantitative estimate of drug-likeness (QED) is 0.186. The van der Waals surface area contributed by atoms with E-state index >= 15 is 4.79 Å². The molecule has 16 heteroatoms. The highest BCUT2D eigenvalue weighted by Gasteiger charge is 2.85. The van der Waals surface area contributed by atoms with Crippen molar-refractivity contribution < 1.29 is 32.4 Å². The molecule has 6 atom stereocenters. The van der Waals surface area contributed by atoms with Crippen molar-refractivity contribution in [2.75, 3.05) is 6.54 Å². The molecule has 5 saturated carbocycles. The highest BCUT2D eigenvalue weighted by atomic mass is 32.2. The molecule has 56 heavy (non-hydrogen) atoms. The molecule has 2 spiro atoms. The summed E-state index contributed by atoms with van der Waals surface area (Å²) in [6, 6.07) is -3.21. The number of carbonyl (C=O) groups excluding carboxylic acids is 5. The highest BCUT2D eigenvalue weighted by molar-refractivity contribution is 7.88. The molecular formula is C40H58N8O7S. The number of hydrogen-bond acceptors (Lipinski definition) is 9. The van der Waals surface area contributed by atoms with E-state index < -0.39 is 74.7 Å². The number of nitrogens with one attached hydrogen (secondary N) is 5. The van der Waals surface area contributed by atoms with E-state index in [9.17, 15) is 27.6 Å². The number of hydrogen-bond donors (Lipinski definition) is 5. The van der Waals surface area contributed by atoms with Crippen LogP contribution in [-0.2, 0) is 29.4 Å². The lowest BCUT2D eigenvalue weighted by molar-refractivity contribution is -0.145. The van der Waals surface area contributed by atoms with Crippen LogP contribution in [0.3, 0.4) is 0 Å². The van der Waals surface area contributed by atoms with Crippen molar-refractivity contribution in [3.05, 3.63) is 36.9 Å². The van der Waals surface area contributed by atoms with Crippen LogP contribution in [0.15, 0.2) is 31.2 Å². The van der Waals surface area contributed by atoms with Crippen LogP contribution in [0.4, 0.5) is 0 Å². The SMILES string of the molecule is C=C[C@@H]1C[C@]1(NC(=O)[C@@H]1C[C@@]2(CN1C(=O)[C@@H](NC(=O)[C@@H](NC(=O)c1cnccn1)C1CCCCC1)C(C)(C)C)C(C)(C)C21CCC1)C(=O)NS(=O)(=O)NC1CC1. The van der Waals surface area contributed by atoms with E-state index in [1.807, 2.05) is 20.8 Å². The van der Waals surface area contributed by atoms with E-state index in [-0.39, 0.29) is 40.3 Å². The number of likely N-dealkylation sites (tertiary alicyclic amines) is 1. The van der Waals surface area contributed by atoms with Gasteiger partial charge in [0.2, 0.25) is 17.7 Å². The van der Waals surface area contributed by atoms with E-state index in [4.69, 9.17) is 0 Å². The van der Waals surface area contributed by atoms with Crippen molar-refractivity contribution in [1.82, 2.24) is 40.3 Å². The first-order valence-electron chi connectivity index (χ1n) is 20.3. The average molecular weight is 795 g/mol. The number of nitrogens with zero attached hydrogens (tertiary/aromatic N) is 3. The molecule has 0 aromatic carbocycles. The van der Waals surface area contributed by atoms with Gasteiger partial charge in [0.25, 0.3) is 11.8 Å². The zero-order valence-corrected chi connectivity index (χ0v) is 34.1. The average Bonchev–Trinajstić information content (AvgIpc) is 4.07. The van der Waals surface area contributed by atoms with Crippen LogP contribution in [0.1, 0.15) is 122 Å². The summed E-state index contributed by atoms with van der Waals surface area (Å²) in [6.45, 7) is 14.1. The van der Waals surface area contributed by atoms with Gasteiger partial charge in [0.05, 0.1) is 6.20 Å². The van der Waals surface area contributed by atoms with E-state index in [1.54, 1.807) is 4.90 Å². The third kappa shape index (κ3) is 6.92. The summed E-state index contributed by atoms with van der Waals surface area (Å²) in [4.78, 5) is 80.8. The van der Waals surface area contributed by atoms with Crippen LogP contribution in [0.2, 0.25) is 0 Å². The maximum atomic E-state index is 15.1. The Kier molecular flexibility index (Phi) is 10.2. The van der Waals surface area contributed by atoms with Crippen LogP contribution in [0.25, 0.3) is 0 Å². The Labute approximate surface area is 329 Å². The number of amides is 5. The molecule has 1 saturated heterocycles. The van der Waals surface area contributed by atoms with Gasteiger partial charge in [0, 0.05) is 36.3 Å². The zero-order chi connectivity index (χ0) is 40.5. The third-order valence-corrected chi connectivity index (χ3v) is 15.6. The van der Waals surface area contributed by atoms with Gasteiger partial charge in [-0.2, -0.15) is 13.1 Å². The molecule has 7 rings (SSSR count). The summed E-state index contributed by atoms with van der Waals surface area (Å²) in [5.41, 5.74) is -2.82. The number of aromatic nitrogens is 2. The normalized spacial score (nSPS) is 30.1. The van der Waals surface area contributed by atoms with Gasteiger partial charge in [-0.05, 0) is 73.5 Å². The van der Waals surface area contributed by atoms with E-state index in [1.165, 1.54) is 24.7 Å². The molecule has 15 nitrogen and oxygen atoms in total. The van der Waals surface area contributed by atoms with Crippen LogP contribution in [-0.4, -0.2) is 89.1 Å². The van der Waals surface area contributed by atoms with Gasteiger partial charge in [0.1, 0.15) is 29.4 Å². The zero-order valence-electron chi connectivity index (χ0n) is 33.3. The monoisotopic (exact) mass is 794 g/mol. The third-order valence-electron chi connectivity index (χ3n) is 14.5. The number of fused-ring (bicyclic) bond motifs is 1. The smallest absolute Gasteiger partial charge is 0.301 e. The summed E-state index contributed by atoms with van der Waals surface area (Å²) >= 11 is 0. The molecule has 0 radical (unpaired) electrons. The standard InChI is InChI=1S/C40H58N8O7S/c1-7-25-20-40(25,35(53)47-56(54,55)46-26-14-15-26)45-32(50)28-21-39(37(5,6)38(39)16-11-17-38)23-48(28)34(52)30(36(2,3)4)44-33(51)29(24-12-9-8-10-13-24)43-31(49)27-22-41-18-19-42-27/h7,18-19,22,24-26,28-30,46H,1,8-17,20-21,23H2,2-6H3,(H,43,49)(H,44,51)(H,45,50)(H,47,53)/t25-,28+,29+,30-,39-,40-/m1/s1. The van der Waals surface area contributed by atoms with Gasteiger partial charge < -0.3 is 20.9 Å². The molecule has 5 N–H and O–H groups in total. The maximum Gasteiger partial charge on any atom is 0.301 e. The lowest BCUT2D eigenvalue weighted by atomic mass is 9.73. The highest BCUT2D eigenvalue weighted by Crippen LogP contribution is 2.88. The van der Waals surface area contributed by atoms with Gasteiger partial charge in [-0.1, -0.05) is 66.4 Å². The Balaban J connectivity index is 1.16. The summed E-state index contributed by atoms with van der Waals surface area (Å²) in [5, 5.41) is 8.85. The lowest BCUT2D eigenvalue weighted by Gasteiger charge is -2.38. The maximum absolute atomic E-state index is 15.1. The Morgan fingerprint density at radius 1 is 0.946 bits per heavy atom. The molecule has 6 fully saturated rings. The molecule has 2 heterocycles. The fraction of sp³-hybridized carbons (Fsp3) is 0.725. The van der Waals surface area contributed by atoms with E-state index in [0.717, 1.165) is 51.4 Å². The predicted molar refractivity (Wildman–Crippen MR) is 206 cm³/mol. The minimum absolute atomic E-state index is 0.0361. The Bertz CT molecular complexity index is 1890. The number of rotatable bonds is 13. The molecule has 1 aromatic rings. The molecule has 0 bridgehead atoms. The van der Waals surface area contributed by atoms with Crippen molar-refractivity contribution in [3.63, 3.8) is 0 Å². The van der Waals surface area contributed by atoms with E-state index in [0.29, 0.717) is 25.8 Å². The molecule has 5 aliphatic carbocycles. The van der Waals surface area contributed by atoms with Crippen molar-refractivity contribution in [2.24, 2.45) is 33.5 Å². The van der Waals surface area contributed by atoms with Crippen molar-refractivity contribution in [1.29, 1.82) is 0 Å². The Morgan fingerprint density at radius 2 is 1.64 bits per heavy atom. The summed E-state index contributed by atoms with van der Waals surface area (Å²) in [5.74, 6) is -3.50. The first-order chi connectivity index (χ1) is 26.3. The summed E-state index contributed by atoms with van der Waals surface area (Å²) in [7, 11) is -4.16. The fourth-order valence-corrected chi connectivity index (χ4v) is 11.8. The first-order valence-corrected chi connectivity index (χ1v) is 21.8. The largest absolute Gasteiger partial charge is 0.342 e. The first kappa shape index (κ1) is 40.3. The van der Waals surface area contributed by atoms with E-state index in [2.05, 4.69) is 55.8 Å². The van der Waals surface area contributed by atoms with Gasteiger partial charge in [-0.3, -0.25) is 29.0 Å². The molecule has 5 amide bonds. The molecule has 306 valence electrons. The minimum Gasteiger partial charge on any atom is -0.342 e. The van der Waals surface area contributed by atoms with Crippen molar-refractivity contribution >= 4 is 39.7 Å². The molecule has 1 aromatic heterocycles. The van der Waals surface area contributed by atoms with Gasteiger partial charge in [-0.15, -0.1) is 6.58 Å². The van der Waals surface area contributed by atoms with Crippen LogP contribution in [0, 0.1) is 33.5 Å². The number of carbonyl (C=O) groups is 5. The minimum atomic E-state index is -4.16. The molecule has 6 aliphatic rings.